The molecule has 0 spiro atoms. The van der Waals surface area contributed by atoms with E-state index in [1.807, 2.05) is 14.2 Å². The van der Waals surface area contributed by atoms with Crippen LogP contribution in [0.3, 0.4) is 0 Å². The highest BCUT2D eigenvalue weighted by atomic mass is 16.5. The monoisotopic (exact) mass is 277 g/mol. The van der Waals surface area contributed by atoms with Crippen LogP contribution in [0.1, 0.15) is 48.4 Å². The van der Waals surface area contributed by atoms with E-state index in [2.05, 4.69) is 31.3 Å². The van der Waals surface area contributed by atoms with Gasteiger partial charge in [-0.05, 0) is 44.9 Å². The van der Waals surface area contributed by atoms with Crippen molar-refractivity contribution in [3.63, 3.8) is 0 Å². The second-order valence-electron chi connectivity index (χ2n) is 5.83. The molecule has 20 heavy (non-hydrogen) atoms. The van der Waals surface area contributed by atoms with Crippen molar-refractivity contribution < 1.29 is 9.47 Å². The number of methoxy groups -OCH3 is 2. The van der Waals surface area contributed by atoms with Gasteiger partial charge in [0, 0.05) is 12.7 Å². The molecule has 1 unspecified atom stereocenters. The first kappa shape index (κ1) is 15.3. The fourth-order valence-electron chi connectivity index (χ4n) is 3.60. The van der Waals surface area contributed by atoms with Crippen LogP contribution in [0.4, 0.5) is 0 Å². The van der Waals surface area contributed by atoms with Crippen LogP contribution in [0.2, 0.25) is 0 Å². The van der Waals surface area contributed by atoms with Crippen LogP contribution in [-0.4, -0.2) is 26.9 Å². The first-order valence-electron chi connectivity index (χ1n) is 7.46. The Morgan fingerprint density at radius 3 is 2.30 bits per heavy atom. The topological polar surface area (TPSA) is 30.5 Å². The van der Waals surface area contributed by atoms with Crippen LogP contribution in [0.25, 0.3) is 0 Å². The third-order valence-electron chi connectivity index (χ3n) is 4.89. The predicted molar refractivity (Wildman–Crippen MR) is 82.5 cm³/mol. The lowest BCUT2D eigenvalue weighted by atomic mass is 9.85. The molecule has 0 amide bonds. The first-order valence-corrected chi connectivity index (χ1v) is 7.46. The maximum atomic E-state index is 5.96. The predicted octanol–water partition coefficient (Wildman–Crippen LogP) is 3.53. The summed E-state index contributed by atoms with van der Waals surface area (Å²) in [6.45, 7) is 4.25. The van der Waals surface area contributed by atoms with E-state index in [1.54, 1.807) is 7.11 Å². The molecule has 1 N–H and O–H groups in total. The standard InChI is InChI=1S/C17H27NO2/c1-12-8-9-14(15(19-4)13(12)2)16(18-3)17(20-5)10-6-7-11-17/h8-9,16,18H,6-7,10-11H2,1-5H3. The van der Waals surface area contributed by atoms with Gasteiger partial charge in [-0.15, -0.1) is 0 Å². The molecule has 3 nitrogen and oxygen atoms in total. The highest BCUT2D eigenvalue weighted by molar-refractivity contribution is 5.47. The van der Waals surface area contributed by atoms with E-state index < -0.39 is 0 Å². The Hall–Kier alpha value is -1.06. The van der Waals surface area contributed by atoms with Crippen molar-refractivity contribution in [2.75, 3.05) is 21.3 Å². The number of likely N-dealkylation sites (N-methyl/N-ethyl adjacent to an activating group) is 1. The van der Waals surface area contributed by atoms with Crippen molar-refractivity contribution in [2.24, 2.45) is 0 Å². The molecule has 1 atom stereocenters. The van der Waals surface area contributed by atoms with Crippen molar-refractivity contribution in [1.29, 1.82) is 0 Å². The molecule has 1 aromatic rings. The molecule has 112 valence electrons. The lowest BCUT2D eigenvalue weighted by Gasteiger charge is -2.37. The number of rotatable bonds is 5. The van der Waals surface area contributed by atoms with Gasteiger partial charge in [0.15, 0.2) is 0 Å². The van der Waals surface area contributed by atoms with E-state index in [-0.39, 0.29) is 11.6 Å². The summed E-state index contributed by atoms with van der Waals surface area (Å²) in [6.07, 6.45) is 4.68. The Morgan fingerprint density at radius 2 is 1.80 bits per heavy atom. The number of hydrogen-bond acceptors (Lipinski definition) is 3. The van der Waals surface area contributed by atoms with Crippen molar-refractivity contribution in [1.82, 2.24) is 5.32 Å². The highest BCUT2D eigenvalue weighted by Crippen LogP contribution is 2.45. The lowest BCUT2D eigenvalue weighted by molar-refractivity contribution is -0.0354. The zero-order valence-corrected chi connectivity index (χ0v) is 13.4. The van der Waals surface area contributed by atoms with E-state index in [9.17, 15) is 0 Å². The molecule has 1 aliphatic carbocycles. The first-order chi connectivity index (χ1) is 9.59. The summed E-state index contributed by atoms with van der Waals surface area (Å²) >= 11 is 0. The Morgan fingerprint density at radius 1 is 1.15 bits per heavy atom. The summed E-state index contributed by atoms with van der Waals surface area (Å²) < 4.78 is 11.7. The minimum absolute atomic E-state index is 0.107. The number of aryl methyl sites for hydroxylation is 1. The van der Waals surface area contributed by atoms with Gasteiger partial charge in [-0.2, -0.15) is 0 Å². The maximum Gasteiger partial charge on any atom is 0.126 e. The molecular formula is C17H27NO2. The average Bonchev–Trinajstić information content (AvgIpc) is 2.94. The van der Waals surface area contributed by atoms with Gasteiger partial charge in [-0.25, -0.2) is 0 Å². The summed E-state index contributed by atoms with van der Waals surface area (Å²) in [5, 5.41) is 3.47. The molecular weight excluding hydrogens is 250 g/mol. The second-order valence-corrected chi connectivity index (χ2v) is 5.83. The Bertz CT molecular complexity index is 464. The number of nitrogens with one attached hydrogen (secondary N) is 1. The summed E-state index contributed by atoms with van der Waals surface area (Å²) in [4.78, 5) is 0. The third kappa shape index (κ3) is 2.45. The van der Waals surface area contributed by atoms with Gasteiger partial charge in [0.2, 0.25) is 0 Å². The summed E-state index contributed by atoms with van der Waals surface area (Å²) in [6, 6.07) is 4.53. The summed E-state index contributed by atoms with van der Waals surface area (Å²) in [5.74, 6) is 0.993. The van der Waals surface area contributed by atoms with Gasteiger partial charge >= 0.3 is 0 Å². The van der Waals surface area contributed by atoms with Crippen LogP contribution < -0.4 is 10.1 Å². The van der Waals surface area contributed by atoms with Crippen LogP contribution in [0.5, 0.6) is 5.75 Å². The lowest BCUT2D eigenvalue weighted by Crippen LogP contribution is -2.42. The molecule has 0 bridgehead atoms. The number of hydrogen-bond donors (Lipinski definition) is 1. The second kappa shape index (κ2) is 6.15. The molecule has 1 aliphatic rings. The quantitative estimate of drug-likeness (QED) is 0.893. The summed E-state index contributed by atoms with van der Waals surface area (Å²) in [7, 11) is 5.60. The number of benzene rings is 1. The maximum absolute atomic E-state index is 5.96. The fraction of sp³-hybridized carbons (Fsp3) is 0.647. The Labute approximate surface area is 122 Å². The van der Waals surface area contributed by atoms with Crippen LogP contribution >= 0.6 is 0 Å². The van der Waals surface area contributed by atoms with E-state index in [4.69, 9.17) is 9.47 Å². The molecule has 3 heteroatoms. The highest BCUT2D eigenvalue weighted by Gasteiger charge is 2.43. The third-order valence-corrected chi connectivity index (χ3v) is 4.89. The Kier molecular flexibility index (Phi) is 4.71. The molecule has 0 saturated heterocycles. The van der Waals surface area contributed by atoms with Crippen LogP contribution in [0, 0.1) is 13.8 Å². The smallest absolute Gasteiger partial charge is 0.126 e. The van der Waals surface area contributed by atoms with Crippen molar-refractivity contribution in [2.45, 2.75) is 51.2 Å². The van der Waals surface area contributed by atoms with Gasteiger partial charge < -0.3 is 14.8 Å². The normalized spacial score (nSPS) is 19.1. The minimum Gasteiger partial charge on any atom is -0.496 e. The molecule has 1 saturated carbocycles. The van der Waals surface area contributed by atoms with Crippen LogP contribution in [0.15, 0.2) is 12.1 Å². The molecule has 0 aromatic heterocycles. The summed E-state index contributed by atoms with van der Waals surface area (Å²) in [5.41, 5.74) is 3.58. The van der Waals surface area contributed by atoms with E-state index in [0.29, 0.717) is 0 Å². The Balaban J connectivity index is 2.49. The molecule has 2 rings (SSSR count). The van der Waals surface area contributed by atoms with E-state index in [0.717, 1.165) is 18.6 Å². The van der Waals surface area contributed by atoms with Crippen molar-refractivity contribution in [3.05, 3.63) is 28.8 Å². The van der Waals surface area contributed by atoms with Gasteiger partial charge in [-0.3, -0.25) is 0 Å². The molecule has 1 fully saturated rings. The zero-order valence-electron chi connectivity index (χ0n) is 13.4. The molecule has 0 radical (unpaired) electrons. The largest absolute Gasteiger partial charge is 0.496 e. The average molecular weight is 277 g/mol. The molecule has 1 aromatic carbocycles. The van der Waals surface area contributed by atoms with Gasteiger partial charge in [0.1, 0.15) is 5.75 Å². The van der Waals surface area contributed by atoms with Gasteiger partial charge in [0.05, 0.1) is 18.8 Å². The molecule has 0 aliphatic heterocycles. The van der Waals surface area contributed by atoms with Gasteiger partial charge in [-0.1, -0.05) is 25.0 Å². The van der Waals surface area contributed by atoms with Crippen molar-refractivity contribution in [3.8, 4) is 5.75 Å². The molecule has 0 heterocycles. The van der Waals surface area contributed by atoms with Crippen molar-refractivity contribution >= 4 is 0 Å². The van der Waals surface area contributed by atoms with Crippen LogP contribution in [-0.2, 0) is 4.74 Å². The fourth-order valence-corrected chi connectivity index (χ4v) is 3.60. The minimum atomic E-state index is -0.107. The number of ether oxygens (including phenoxy) is 2. The van der Waals surface area contributed by atoms with E-state index >= 15 is 0 Å². The SMILES string of the molecule is CNC(c1ccc(C)c(C)c1OC)C1(OC)CCCC1. The van der Waals surface area contributed by atoms with E-state index in [1.165, 1.54) is 29.5 Å². The van der Waals surface area contributed by atoms with Gasteiger partial charge in [0.25, 0.3) is 0 Å². The zero-order chi connectivity index (χ0) is 14.8.